The van der Waals surface area contributed by atoms with Crippen LogP contribution in [0.3, 0.4) is 0 Å². The van der Waals surface area contributed by atoms with Crippen LogP contribution in [0.25, 0.3) is 0 Å². The summed E-state index contributed by atoms with van der Waals surface area (Å²) in [6.45, 7) is 1.23. The summed E-state index contributed by atoms with van der Waals surface area (Å²) in [6.07, 6.45) is -2.33. The van der Waals surface area contributed by atoms with Crippen molar-refractivity contribution in [3.05, 3.63) is 94.3 Å². The maximum Gasteiger partial charge on any atom is 0.420 e. The van der Waals surface area contributed by atoms with Gasteiger partial charge in [0.1, 0.15) is 11.6 Å². The summed E-state index contributed by atoms with van der Waals surface area (Å²) in [5.74, 6) is -4.72. The first-order chi connectivity index (χ1) is 16.7. The summed E-state index contributed by atoms with van der Waals surface area (Å²) in [4.78, 5) is 16.9. The Labute approximate surface area is 208 Å². The quantitative estimate of drug-likeness (QED) is 0.402. The highest BCUT2D eigenvalue weighted by molar-refractivity contribution is 7.92. The number of sulfonamides is 1. The largest absolute Gasteiger partial charge is 0.420 e. The molecule has 1 amide bonds. The van der Waals surface area contributed by atoms with Crippen LogP contribution in [0.5, 0.6) is 0 Å². The summed E-state index contributed by atoms with van der Waals surface area (Å²) in [7, 11) is -3.80. The second-order valence-corrected chi connectivity index (χ2v) is 10.0. The number of hydrogen-bond donors (Lipinski definition) is 2. The standard InChI is InChI=1S/C23H19ClF5N3O3S/c1-13(14-8-9-19(18(26)11-14)32-36(2,34)35)21(33)31-22(23(27,28)29,15-5-4-10-30-12-15)16-6-3-7-17(25)20(16)24/h3-13,32H,1-2H3,(H,31,33). The van der Waals surface area contributed by atoms with E-state index in [2.05, 4.69) is 4.98 Å². The molecule has 1 heterocycles. The average molecular weight is 548 g/mol. The van der Waals surface area contributed by atoms with Crippen LogP contribution in [0.4, 0.5) is 27.6 Å². The van der Waals surface area contributed by atoms with Gasteiger partial charge in [0.15, 0.2) is 5.54 Å². The van der Waals surface area contributed by atoms with Crippen LogP contribution in [0, 0.1) is 11.6 Å². The molecule has 0 saturated heterocycles. The van der Waals surface area contributed by atoms with Crippen molar-refractivity contribution in [2.75, 3.05) is 11.0 Å². The van der Waals surface area contributed by atoms with Crippen molar-refractivity contribution in [3.8, 4) is 0 Å². The number of carbonyl (C=O) groups is 1. The molecule has 0 aliphatic carbocycles. The molecule has 0 bridgehead atoms. The van der Waals surface area contributed by atoms with E-state index in [4.69, 9.17) is 11.6 Å². The van der Waals surface area contributed by atoms with Crippen molar-refractivity contribution >= 4 is 33.2 Å². The van der Waals surface area contributed by atoms with Crippen LogP contribution in [0.1, 0.15) is 29.5 Å². The lowest BCUT2D eigenvalue weighted by molar-refractivity contribution is -0.190. The van der Waals surface area contributed by atoms with Crippen LogP contribution in [-0.2, 0) is 20.4 Å². The Morgan fingerprint density at radius 1 is 1.06 bits per heavy atom. The summed E-state index contributed by atoms with van der Waals surface area (Å²) in [5.41, 5.74) is -5.06. The number of benzene rings is 2. The van der Waals surface area contributed by atoms with Gasteiger partial charge in [0, 0.05) is 23.5 Å². The van der Waals surface area contributed by atoms with Crippen molar-refractivity contribution < 1.29 is 35.2 Å². The Balaban J connectivity index is 2.11. The molecule has 2 N–H and O–H groups in total. The SMILES string of the molecule is CC(C(=O)NC(c1cccnc1)(c1cccc(F)c1Cl)C(F)(F)F)c1ccc(NS(C)(=O)=O)c(F)c1. The number of rotatable bonds is 7. The summed E-state index contributed by atoms with van der Waals surface area (Å²) >= 11 is 5.95. The average Bonchev–Trinajstić information content (AvgIpc) is 2.79. The van der Waals surface area contributed by atoms with Gasteiger partial charge in [-0.25, -0.2) is 17.2 Å². The van der Waals surface area contributed by atoms with E-state index in [-0.39, 0.29) is 5.56 Å². The van der Waals surface area contributed by atoms with E-state index in [1.807, 2.05) is 10.0 Å². The fraction of sp³-hybridized carbons (Fsp3) is 0.217. The summed E-state index contributed by atoms with van der Waals surface area (Å²) in [6, 6.07) is 8.14. The van der Waals surface area contributed by atoms with Gasteiger partial charge in [0.05, 0.1) is 22.9 Å². The smallest absolute Gasteiger partial charge is 0.334 e. The first kappa shape index (κ1) is 27.3. The van der Waals surface area contributed by atoms with Crippen LogP contribution < -0.4 is 10.0 Å². The van der Waals surface area contributed by atoms with E-state index in [9.17, 15) is 35.2 Å². The van der Waals surface area contributed by atoms with Crippen molar-refractivity contribution in [1.29, 1.82) is 0 Å². The van der Waals surface area contributed by atoms with E-state index >= 15 is 0 Å². The molecule has 6 nitrogen and oxygen atoms in total. The minimum atomic E-state index is -5.22. The number of nitrogens with zero attached hydrogens (tertiary/aromatic N) is 1. The Morgan fingerprint density at radius 2 is 1.75 bits per heavy atom. The van der Waals surface area contributed by atoms with Gasteiger partial charge in [-0.05, 0) is 36.8 Å². The molecule has 2 unspecified atom stereocenters. The van der Waals surface area contributed by atoms with Gasteiger partial charge in [0.25, 0.3) is 0 Å². The zero-order valence-corrected chi connectivity index (χ0v) is 20.3. The molecule has 0 fully saturated rings. The van der Waals surface area contributed by atoms with Crippen molar-refractivity contribution in [1.82, 2.24) is 10.3 Å². The van der Waals surface area contributed by atoms with E-state index < -0.39 is 67.0 Å². The molecule has 1 aromatic heterocycles. The number of hydrogen-bond acceptors (Lipinski definition) is 4. The third-order valence-corrected chi connectivity index (χ3v) is 6.34. The second kappa shape index (κ2) is 10.0. The number of halogens is 6. The van der Waals surface area contributed by atoms with Gasteiger partial charge in [-0.15, -0.1) is 0 Å². The van der Waals surface area contributed by atoms with Crippen LogP contribution in [0.15, 0.2) is 60.9 Å². The molecule has 0 spiro atoms. The molecular weight excluding hydrogens is 529 g/mol. The number of carbonyl (C=O) groups excluding carboxylic acids is 1. The van der Waals surface area contributed by atoms with Gasteiger partial charge in [-0.3, -0.25) is 14.5 Å². The van der Waals surface area contributed by atoms with Crippen LogP contribution in [-0.4, -0.2) is 31.7 Å². The van der Waals surface area contributed by atoms with Crippen molar-refractivity contribution in [2.45, 2.75) is 24.6 Å². The van der Waals surface area contributed by atoms with Crippen LogP contribution >= 0.6 is 11.6 Å². The lowest BCUT2D eigenvalue weighted by atomic mass is 9.81. The maximum atomic E-state index is 14.8. The Kier molecular flexibility index (Phi) is 7.61. The topological polar surface area (TPSA) is 88.2 Å². The van der Waals surface area contributed by atoms with Gasteiger partial charge < -0.3 is 5.32 Å². The molecule has 0 aliphatic heterocycles. The van der Waals surface area contributed by atoms with E-state index in [0.29, 0.717) is 0 Å². The van der Waals surface area contributed by atoms with Crippen molar-refractivity contribution in [2.24, 2.45) is 0 Å². The van der Waals surface area contributed by atoms with E-state index in [1.165, 1.54) is 25.3 Å². The highest BCUT2D eigenvalue weighted by Gasteiger charge is 2.60. The summed E-state index contributed by atoms with van der Waals surface area (Å²) in [5, 5.41) is 1.10. The highest BCUT2D eigenvalue weighted by Crippen LogP contribution is 2.47. The second-order valence-electron chi connectivity index (χ2n) is 7.92. The Hall–Kier alpha value is -3.25. The predicted molar refractivity (Wildman–Crippen MR) is 124 cm³/mol. The number of nitrogens with one attached hydrogen (secondary N) is 2. The zero-order valence-electron chi connectivity index (χ0n) is 18.7. The minimum Gasteiger partial charge on any atom is -0.334 e. The first-order valence-electron chi connectivity index (χ1n) is 10.2. The zero-order chi connectivity index (χ0) is 26.9. The van der Waals surface area contributed by atoms with Gasteiger partial charge in [0.2, 0.25) is 15.9 Å². The van der Waals surface area contributed by atoms with Gasteiger partial charge in [-0.1, -0.05) is 35.9 Å². The van der Waals surface area contributed by atoms with Crippen LogP contribution in [0.2, 0.25) is 5.02 Å². The molecule has 13 heteroatoms. The third-order valence-electron chi connectivity index (χ3n) is 5.37. The minimum absolute atomic E-state index is 0.0448. The van der Waals surface area contributed by atoms with Gasteiger partial charge in [-0.2, -0.15) is 13.2 Å². The number of amides is 1. The number of alkyl halides is 3. The number of aromatic nitrogens is 1. The molecule has 192 valence electrons. The molecule has 0 aliphatic rings. The monoisotopic (exact) mass is 547 g/mol. The van der Waals surface area contributed by atoms with E-state index in [0.717, 1.165) is 48.9 Å². The van der Waals surface area contributed by atoms with E-state index in [1.54, 1.807) is 0 Å². The third kappa shape index (κ3) is 5.44. The fourth-order valence-corrected chi connectivity index (χ4v) is 4.42. The fourth-order valence-electron chi connectivity index (χ4n) is 3.59. The lowest BCUT2D eigenvalue weighted by Crippen LogP contribution is -2.58. The Bertz CT molecular complexity index is 1390. The maximum absolute atomic E-state index is 14.8. The molecule has 36 heavy (non-hydrogen) atoms. The highest BCUT2D eigenvalue weighted by atomic mass is 35.5. The Morgan fingerprint density at radius 3 is 2.31 bits per heavy atom. The molecular formula is C23H19ClF5N3O3S. The first-order valence-corrected chi connectivity index (χ1v) is 12.5. The predicted octanol–water partition coefficient (Wildman–Crippen LogP) is 5.11. The van der Waals surface area contributed by atoms with Crippen molar-refractivity contribution in [3.63, 3.8) is 0 Å². The molecule has 3 aromatic rings. The number of anilines is 1. The van der Waals surface area contributed by atoms with Gasteiger partial charge >= 0.3 is 6.18 Å². The molecule has 0 radical (unpaired) electrons. The number of pyridine rings is 1. The lowest BCUT2D eigenvalue weighted by Gasteiger charge is -2.38. The molecule has 0 saturated carbocycles. The normalized spacial score (nSPS) is 14.6. The molecule has 2 aromatic carbocycles. The molecule has 3 rings (SSSR count). The summed E-state index contributed by atoms with van der Waals surface area (Å²) < 4.78 is 97.8. The molecule has 2 atom stereocenters.